The quantitative estimate of drug-likeness (QED) is 0.461. The molecule has 0 aromatic heterocycles. The number of anilines is 1. The molecule has 158 valence electrons. The fourth-order valence-electron chi connectivity index (χ4n) is 2.52. The van der Waals surface area contributed by atoms with Gasteiger partial charge in [-0.25, -0.2) is 4.79 Å². The predicted octanol–water partition coefficient (Wildman–Crippen LogP) is 5.63. The Kier molecular flexibility index (Phi) is 9.47. The summed E-state index contributed by atoms with van der Waals surface area (Å²) in [6.45, 7) is 0.380. The first-order chi connectivity index (χ1) is 13.7. The van der Waals surface area contributed by atoms with Crippen LogP contribution in [-0.4, -0.2) is 41.2 Å². The Balaban J connectivity index is 2.05. The first-order valence-electron chi connectivity index (χ1n) is 8.56. The normalized spacial score (nSPS) is 12.3. The zero-order valence-electron chi connectivity index (χ0n) is 15.1. The van der Waals surface area contributed by atoms with E-state index in [1.54, 1.807) is 18.2 Å². The number of alkyl halides is 3. The first-order valence-corrected chi connectivity index (χ1v) is 10.4. The minimum absolute atomic E-state index is 0.197. The number of nitrogens with one attached hydrogen (secondary N) is 1. The van der Waals surface area contributed by atoms with Gasteiger partial charge in [0.15, 0.2) is 0 Å². The van der Waals surface area contributed by atoms with Gasteiger partial charge < -0.3 is 20.1 Å². The number of hydrogen-bond acceptors (Lipinski definition) is 4. The molecule has 0 aliphatic carbocycles. The maximum Gasteiger partial charge on any atom is 0.407 e. The molecule has 1 amide bonds. The van der Waals surface area contributed by atoms with Gasteiger partial charge in [-0.05, 0) is 23.8 Å². The van der Waals surface area contributed by atoms with Crippen molar-refractivity contribution in [2.24, 2.45) is 0 Å². The van der Waals surface area contributed by atoms with Gasteiger partial charge in [0.05, 0.1) is 16.8 Å². The van der Waals surface area contributed by atoms with Gasteiger partial charge in [0.1, 0.15) is 6.61 Å². The second kappa shape index (κ2) is 11.3. The van der Waals surface area contributed by atoms with Gasteiger partial charge in [0.2, 0.25) is 3.79 Å². The smallest absolute Gasteiger partial charge is 0.407 e. The third kappa shape index (κ3) is 8.67. The molecule has 2 aromatic carbocycles. The molecule has 1 unspecified atom stereocenters. The highest BCUT2D eigenvalue weighted by molar-refractivity contribution is 6.67. The topological polar surface area (TPSA) is 61.8 Å². The lowest BCUT2D eigenvalue weighted by Crippen LogP contribution is -2.38. The summed E-state index contributed by atoms with van der Waals surface area (Å²) in [6.07, 6.45) is -1.50. The number of alkyl carbamates (subject to hydrolysis) is 1. The van der Waals surface area contributed by atoms with E-state index in [4.69, 9.17) is 62.7 Å². The van der Waals surface area contributed by atoms with E-state index in [2.05, 4.69) is 5.32 Å². The molecule has 10 heteroatoms. The molecule has 0 spiro atoms. The fourth-order valence-corrected chi connectivity index (χ4v) is 3.09. The largest absolute Gasteiger partial charge is 0.445 e. The number of aliphatic hydroxyl groups excluding tert-OH is 1. The molecule has 5 nitrogen and oxygen atoms in total. The van der Waals surface area contributed by atoms with E-state index in [-0.39, 0.29) is 19.7 Å². The lowest BCUT2D eigenvalue weighted by Gasteiger charge is -2.28. The van der Waals surface area contributed by atoms with Crippen molar-refractivity contribution in [1.29, 1.82) is 0 Å². The van der Waals surface area contributed by atoms with Crippen LogP contribution in [0.2, 0.25) is 10.0 Å². The molecule has 1 atom stereocenters. The molecule has 0 fully saturated rings. The van der Waals surface area contributed by atoms with Crippen molar-refractivity contribution < 1.29 is 14.6 Å². The van der Waals surface area contributed by atoms with Gasteiger partial charge in [0, 0.05) is 24.7 Å². The van der Waals surface area contributed by atoms with Crippen molar-refractivity contribution in [2.75, 3.05) is 31.1 Å². The summed E-state index contributed by atoms with van der Waals surface area (Å²) >= 11 is 29.1. The van der Waals surface area contributed by atoms with Crippen molar-refractivity contribution in [1.82, 2.24) is 5.32 Å². The van der Waals surface area contributed by atoms with Crippen LogP contribution in [0.15, 0.2) is 48.5 Å². The van der Waals surface area contributed by atoms with Crippen molar-refractivity contribution >= 4 is 69.8 Å². The Morgan fingerprint density at radius 1 is 1.14 bits per heavy atom. The minimum Gasteiger partial charge on any atom is -0.445 e. The van der Waals surface area contributed by atoms with Crippen molar-refractivity contribution in [2.45, 2.75) is 9.90 Å². The fraction of sp³-hybridized carbons (Fsp3) is 0.316. The molecular weight excluding hydrogens is 481 g/mol. The van der Waals surface area contributed by atoms with Gasteiger partial charge in [-0.3, -0.25) is 0 Å². The highest BCUT2D eigenvalue weighted by Gasteiger charge is 2.22. The summed E-state index contributed by atoms with van der Waals surface area (Å²) in [5.74, 6) is 0. The van der Waals surface area contributed by atoms with Crippen molar-refractivity contribution in [3.63, 3.8) is 0 Å². The van der Waals surface area contributed by atoms with Gasteiger partial charge in [-0.1, -0.05) is 88.3 Å². The Morgan fingerprint density at radius 2 is 1.83 bits per heavy atom. The van der Waals surface area contributed by atoms with Crippen LogP contribution < -0.4 is 10.2 Å². The lowest BCUT2D eigenvalue weighted by molar-refractivity contribution is 0.148. The van der Waals surface area contributed by atoms with Crippen LogP contribution >= 0.6 is 58.0 Å². The Hall–Kier alpha value is -1.08. The number of benzene rings is 2. The summed E-state index contributed by atoms with van der Waals surface area (Å²) in [4.78, 5) is 13.6. The number of carbonyl (C=O) groups excluding carboxylic acids is 1. The van der Waals surface area contributed by atoms with Crippen LogP contribution in [0.4, 0.5) is 10.5 Å². The number of aliphatic hydroxyl groups is 1. The third-order valence-electron chi connectivity index (χ3n) is 3.84. The Labute approximate surface area is 194 Å². The van der Waals surface area contributed by atoms with E-state index in [1.807, 2.05) is 35.2 Å². The highest BCUT2D eigenvalue weighted by atomic mass is 35.6. The zero-order chi connectivity index (χ0) is 21.4. The maximum absolute atomic E-state index is 11.7. The highest BCUT2D eigenvalue weighted by Crippen LogP contribution is 2.30. The van der Waals surface area contributed by atoms with E-state index in [0.29, 0.717) is 22.3 Å². The van der Waals surface area contributed by atoms with E-state index in [9.17, 15) is 9.90 Å². The predicted molar refractivity (Wildman–Crippen MR) is 120 cm³/mol. The maximum atomic E-state index is 11.7. The van der Waals surface area contributed by atoms with Gasteiger partial charge in [0.25, 0.3) is 0 Å². The second-order valence-corrected chi connectivity index (χ2v) is 9.45. The van der Waals surface area contributed by atoms with Crippen LogP contribution in [-0.2, 0) is 4.74 Å². The molecule has 2 aromatic rings. The van der Waals surface area contributed by atoms with Crippen LogP contribution in [0.25, 0.3) is 0 Å². The summed E-state index contributed by atoms with van der Waals surface area (Å²) in [5, 5.41) is 14.2. The van der Waals surface area contributed by atoms with E-state index >= 15 is 0 Å². The lowest BCUT2D eigenvalue weighted by atomic mass is 10.1. The minimum atomic E-state index is -1.68. The Morgan fingerprint density at radius 3 is 2.48 bits per heavy atom. The second-order valence-electron chi connectivity index (χ2n) is 6.09. The number of nitrogens with zero attached hydrogens (tertiary/aromatic N) is 1. The third-order valence-corrected chi connectivity index (χ3v) is 4.73. The number of amides is 1. The van der Waals surface area contributed by atoms with Crippen molar-refractivity contribution in [3.05, 3.63) is 64.1 Å². The average molecular weight is 501 g/mol. The number of hydrogen-bond donors (Lipinski definition) is 2. The number of carbonyl (C=O) groups is 1. The van der Waals surface area contributed by atoms with E-state index < -0.39 is 16.0 Å². The summed E-state index contributed by atoms with van der Waals surface area (Å²) in [7, 11) is 0. The monoisotopic (exact) mass is 498 g/mol. The molecule has 0 heterocycles. The standard InChI is InChI=1S/C19H19Cl5N2O3/c20-14-6-7-15(21)16(10-14)26(11-17(27)13-4-2-1-3-5-13)9-8-25-18(28)29-12-19(22,23)24/h1-7,10,17,27H,8-9,11-12H2,(H,25,28). The van der Waals surface area contributed by atoms with Crippen LogP contribution in [0, 0.1) is 0 Å². The van der Waals surface area contributed by atoms with Crippen molar-refractivity contribution in [3.8, 4) is 0 Å². The first kappa shape index (κ1) is 24.2. The van der Waals surface area contributed by atoms with Crippen LogP contribution in [0.1, 0.15) is 11.7 Å². The molecule has 2 rings (SSSR count). The molecule has 2 N–H and O–H groups in total. The zero-order valence-corrected chi connectivity index (χ0v) is 18.9. The summed E-state index contributed by atoms with van der Waals surface area (Å²) in [5.41, 5.74) is 1.39. The number of ether oxygens (including phenoxy) is 1. The number of rotatable bonds is 8. The van der Waals surface area contributed by atoms with E-state index in [1.165, 1.54) is 0 Å². The Bertz CT molecular complexity index is 802. The van der Waals surface area contributed by atoms with Crippen LogP contribution in [0.5, 0.6) is 0 Å². The molecule has 29 heavy (non-hydrogen) atoms. The molecule has 0 bridgehead atoms. The SMILES string of the molecule is O=C(NCCN(CC(O)c1ccccc1)c1cc(Cl)ccc1Cl)OCC(Cl)(Cl)Cl. The summed E-state index contributed by atoms with van der Waals surface area (Å²) in [6, 6.07) is 14.3. The molecule has 0 aliphatic heterocycles. The molecule has 0 saturated heterocycles. The van der Waals surface area contributed by atoms with Gasteiger partial charge in [-0.2, -0.15) is 0 Å². The summed E-state index contributed by atoms with van der Waals surface area (Å²) < 4.78 is 3.14. The van der Waals surface area contributed by atoms with E-state index in [0.717, 1.165) is 5.56 Å². The number of halogens is 5. The molecule has 0 aliphatic rings. The van der Waals surface area contributed by atoms with Crippen LogP contribution in [0.3, 0.4) is 0 Å². The molecule has 0 radical (unpaired) electrons. The average Bonchev–Trinajstić information content (AvgIpc) is 2.67. The van der Waals surface area contributed by atoms with Gasteiger partial charge >= 0.3 is 6.09 Å². The molecular formula is C19H19Cl5N2O3. The van der Waals surface area contributed by atoms with Gasteiger partial charge in [-0.15, -0.1) is 0 Å². The molecule has 0 saturated carbocycles.